The highest BCUT2D eigenvalue weighted by Crippen LogP contribution is 2.29. The normalized spacial score (nSPS) is 15.4. The second-order valence-corrected chi connectivity index (χ2v) is 5.69. The number of nitrogens with two attached hydrogens (primary N) is 1. The number of amides is 1. The number of nitrogens with zero attached hydrogens (tertiary/aromatic N) is 1. The first-order valence-corrected chi connectivity index (χ1v) is 7.32. The van der Waals surface area contributed by atoms with Crippen LogP contribution in [-0.2, 0) is 11.2 Å². The first kappa shape index (κ1) is 15.6. The van der Waals surface area contributed by atoms with Crippen LogP contribution in [0.4, 0.5) is 0 Å². The van der Waals surface area contributed by atoms with Crippen molar-refractivity contribution in [2.45, 2.75) is 38.3 Å². The molecule has 1 atom stereocenters. The highest BCUT2D eigenvalue weighted by molar-refractivity contribution is 5.78. The van der Waals surface area contributed by atoms with Crippen LogP contribution >= 0.6 is 0 Å². The van der Waals surface area contributed by atoms with Gasteiger partial charge in [0, 0.05) is 19.1 Å². The summed E-state index contributed by atoms with van der Waals surface area (Å²) in [4.78, 5) is 13.8. The molecule has 0 aromatic heterocycles. The third kappa shape index (κ3) is 4.36. The van der Waals surface area contributed by atoms with E-state index in [2.05, 4.69) is 0 Å². The van der Waals surface area contributed by atoms with E-state index >= 15 is 0 Å². The molecule has 21 heavy (non-hydrogen) atoms. The summed E-state index contributed by atoms with van der Waals surface area (Å²) in [6.07, 6.45) is 2.95. The fourth-order valence-corrected chi connectivity index (χ4v) is 2.24. The molecule has 2 N–H and O–H groups in total. The molecule has 0 aliphatic heterocycles. The Morgan fingerprint density at radius 1 is 1.43 bits per heavy atom. The van der Waals surface area contributed by atoms with Crippen molar-refractivity contribution in [3.05, 3.63) is 23.8 Å². The Morgan fingerprint density at radius 3 is 2.71 bits per heavy atom. The summed E-state index contributed by atoms with van der Waals surface area (Å²) < 4.78 is 10.9. The number of hydrogen-bond acceptors (Lipinski definition) is 4. The van der Waals surface area contributed by atoms with Gasteiger partial charge in [-0.05, 0) is 43.9 Å². The van der Waals surface area contributed by atoms with Crippen molar-refractivity contribution in [3.63, 3.8) is 0 Å². The van der Waals surface area contributed by atoms with Crippen LogP contribution in [0.1, 0.15) is 25.3 Å². The first-order chi connectivity index (χ1) is 10.0. The Balaban J connectivity index is 2.00. The van der Waals surface area contributed by atoms with Gasteiger partial charge in [0.25, 0.3) is 5.91 Å². The van der Waals surface area contributed by atoms with Crippen molar-refractivity contribution in [3.8, 4) is 11.5 Å². The van der Waals surface area contributed by atoms with Crippen molar-refractivity contribution in [1.82, 2.24) is 4.90 Å². The number of methoxy groups -OCH3 is 1. The smallest absolute Gasteiger partial charge is 0.260 e. The molecule has 2 rings (SSSR count). The van der Waals surface area contributed by atoms with Gasteiger partial charge >= 0.3 is 0 Å². The number of benzene rings is 1. The maximum absolute atomic E-state index is 12.0. The summed E-state index contributed by atoms with van der Waals surface area (Å²) in [7, 11) is 3.42. The number of carbonyl (C=O) groups excluding carboxylic acids is 1. The quantitative estimate of drug-likeness (QED) is 0.829. The van der Waals surface area contributed by atoms with E-state index in [1.807, 2.05) is 32.2 Å². The molecular formula is C16H24N2O3. The molecule has 1 aliphatic carbocycles. The molecular weight excluding hydrogens is 268 g/mol. The van der Waals surface area contributed by atoms with Gasteiger partial charge in [0.2, 0.25) is 0 Å². The molecule has 1 unspecified atom stereocenters. The molecule has 1 saturated carbocycles. The highest BCUT2D eigenvalue weighted by atomic mass is 16.5. The van der Waals surface area contributed by atoms with Crippen LogP contribution in [0.2, 0.25) is 0 Å². The van der Waals surface area contributed by atoms with Gasteiger partial charge in [0.15, 0.2) is 18.1 Å². The van der Waals surface area contributed by atoms with E-state index < -0.39 is 0 Å². The number of hydrogen-bond donors (Lipinski definition) is 1. The lowest BCUT2D eigenvalue weighted by atomic mass is 10.1. The lowest BCUT2D eigenvalue weighted by molar-refractivity contribution is -0.132. The zero-order valence-electron chi connectivity index (χ0n) is 13.0. The Bertz CT molecular complexity index is 498. The van der Waals surface area contributed by atoms with Gasteiger partial charge in [-0.2, -0.15) is 0 Å². The van der Waals surface area contributed by atoms with Gasteiger partial charge in [-0.1, -0.05) is 6.07 Å². The van der Waals surface area contributed by atoms with E-state index in [-0.39, 0.29) is 18.6 Å². The molecule has 0 spiro atoms. The average Bonchev–Trinajstić information content (AvgIpc) is 3.28. The van der Waals surface area contributed by atoms with Gasteiger partial charge in [0.1, 0.15) is 0 Å². The highest BCUT2D eigenvalue weighted by Gasteiger charge is 2.29. The lowest BCUT2D eigenvalue weighted by Gasteiger charge is -2.18. The van der Waals surface area contributed by atoms with E-state index in [0.717, 1.165) is 24.8 Å². The van der Waals surface area contributed by atoms with Crippen LogP contribution in [0.15, 0.2) is 18.2 Å². The first-order valence-electron chi connectivity index (χ1n) is 7.32. The summed E-state index contributed by atoms with van der Waals surface area (Å²) in [6.45, 7) is 1.99. The molecule has 1 fully saturated rings. The number of carbonyl (C=O) groups is 1. The topological polar surface area (TPSA) is 64.8 Å². The van der Waals surface area contributed by atoms with Crippen LogP contribution < -0.4 is 15.2 Å². The van der Waals surface area contributed by atoms with Crippen molar-refractivity contribution in [1.29, 1.82) is 0 Å². The summed E-state index contributed by atoms with van der Waals surface area (Å²) >= 11 is 0. The number of rotatable bonds is 7. The molecule has 1 amide bonds. The van der Waals surface area contributed by atoms with Crippen molar-refractivity contribution < 1.29 is 14.3 Å². The maximum Gasteiger partial charge on any atom is 0.260 e. The summed E-state index contributed by atoms with van der Waals surface area (Å²) in [5.74, 6) is 1.22. The van der Waals surface area contributed by atoms with Gasteiger partial charge in [-0.25, -0.2) is 0 Å². The van der Waals surface area contributed by atoms with Gasteiger partial charge in [-0.15, -0.1) is 0 Å². The van der Waals surface area contributed by atoms with E-state index in [1.54, 1.807) is 12.0 Å². The molecule has 0 bridgehead atoms. The monoisotopic (exact) mass is 292 g/mol. The second kappa shape index (κ2) is 6.80. The Labute approximate surface area is 126 Å². The summed E-state index contributed by atoms with van der Waals surface area (Å²) in [5, 5.41) is 0. The molecule has 1 aromatic rings. The Hall–Kier alpha value is -1.75. The summed E-state index contributed by atoms with van der Waals surface area (Å²) in [5.41, 5.74) is 6.89. The van der Waals surface area contributed by atoms with Crippen LogP contribution in [0, 0.1) is 0 Å². The SMILES string of the molecule is COc1ccc(CC(C)N)cc1OCC(=O)N(C)C1CC1. The van der Waals surface area contributed by atoms with E-state index in [9.17, 15) is 4.79 Å². The van der Waals surface area contributed by atoms with Crippen molar-refractivity contribution in [2.75, 3.05) is 20.8 Å². The second-order valence-electron chi connectivity index (χ2n) is 5.69. The third-order valence-corrected chi connectivity index (χ3v) is 3.62. The molecule has 0 saturated heterocycles. The minimum Gasteiger partial charge on any atom is -0.493 e. The van der Waals surface area contributed by atoms with Crippen molar-refractivity contribution >= 4 is 5.91 Å². The fourth-order valence-electron chi connectivity index (χ4n) is 2.24. The largest absolute Gasteiger partial charge is 0.493 e. The Kier molecular flexibility index (Phi) is 5.07. The van der Waals surface area contributed by atoms with Gasteiger partial charge in [0.05, 0.1) is 7.11 Å². The minimum absolute atomic E-state index is 0.00264. The number of ether oxygens (including phenoxy) is 2. The van der Waals surface area contributed by atoms with Crippen molar-refractivity contribution in [2.24, 2.45) is 5.73 Å². The number of likely N-dealkylation sites (N-methyl/N-ethyl adjacent to an activating group) is 1. The molecule has 1 aromatic carbocycles. The van der Waals surface area contributed by atoms with E-state index in [4.69, 9.17) is 15.2 Å². The molecule has 116 valence electrons. The third-order valence-electron chi connectivity index (χ3n) is 3.62. The van der Waals surface area contributed by atoms with Crippen LogP contribution in [0.25, 0.3) is 0 Å². The maximum atomic E-state index is 12.0. The minimum atomic E-state index is -0.00264. The Morgan fingerprint density at radius 2 is 2.14 bits per heavy atom. The predicted molar refractivity (Wildman–Crippen MR) is 81.6 cm³/mol. The zero-order chi connectivity index (χ0) is 15.4. The molecule has 0 heterocycles. The van der Waals surface area contributed by atoms with Crippen LogP contribution in [-0.4, -0.2) is 43.7 Å². The average molecular weight is 292 g/mol. The standard InChI is InChI=1S/C16H24N2O3/c1-11(17)8-12-4-7-14(20-3)15(9-12)21-10-16(19)18(2)13-5-6-13/h4,7,9,11,13H,5-6,8,10,17H2,1-3H3. The van der Waals surface area contributed by atoms with E-state index in [1.165, 1.54) is 0 Å². The van der Waals surface area contributed by atoms with Gasteiger partial charge < -0.3 is 20.1 Å². The summed E-state index contributed by atoms with van der Waals surface area (Å²) in [6, 6.07) is 6.18. The molecule has 5 nitrogen and oxygen atoms in total. The van der Waals surface area contributed by atoms with Crippen LogP contribution in [0.3, 0.4) is 0 Å². The van der Waals surface area contributed by atoms with Gasteiger partial charge in [-0.3, -0.25) is 4.79 Å². The molecule has 5 heteroatoms. The van der Waals surface area contributed by atoms with Crippen LogP contribution in [0.5, 0.6) is 11.5 Å². The zero-order valence-corrected chi connectivity index (χ0v) is 13.0. The van der Waals surface area contributed by atoms with E-state index in [0.29, 0.717) is 17.5 Å². The fraction of sp³-hybridized carbons (Fsp3) is 0.562. The predicted octanol–water partition coefficient (Wildman–Crippen LogP) is 1.58. The molecule has 0 radical (unpaired) electrons. The lowest BCUT2D eigenvalue weighted by Crippen LogP contribution is -2.33. The molecule has 1 aliphatic rings.